The van der Waals surface area contributed by atoms with Crippen molar-refractivity contribution in [3.63, 3.8) is 0 Å². The van der Waals surface area contributed by atoms with Crippen molar-refractivity contribution in [3.05, 3.63) is 127 Å². The van der Waals surface area contributed by atoms with E-state index in [2.05, 4.69) is 29.4 Å². The molecule has 0 N–H and O–H groups in total. The summed E-state index contributed by atoms with van der Waals surface area (Å²) in [4.78, 5) is 14.6. The maximum Gasteiger partial charge on any atom is 0.272 e. The van der Waals surface area contributed by atoms with Crippen LogP contribution in [0.1, 0.15) is 11.4 Å². The number of para-hydroxylation sites is 1. The Hall–Kier alpha value is -5.09. The fraction of sp³-hybridized carbons (Fsp3) is 0.0667. The van der Waals surface area contributed by atoms with Crippen LogP contribution in [0.25, 0.3) is 40.3 Å². The zero-order chi connectivity index (χ0) is 26.7. The molecule has 0 saturated heterocycles. The van der Waals surface area contributed by atoms with E-state index in [1.54, 1.807) is 21.0 Å². The number of nitrogens with zero attached hydrogens (tertiary/aromatic N) is 9. The predicted molar refractivity (Wildman–Crippen MR) is 155 cm³/mol. The molecule has 0 bridgehead atoms. The van der Waals surface area contributed by atoms with Gasteiger partial charge in [0.25, 0.3) is 5.95 Å². The molecular weight excluding hydrogens is 518 g/mol. The predicted octanol–water partition coefficient (Wildman–Crippen LogP) is 5.66. The van der Waals surface area contributed by atoms with E-state index in [0.29, 0.717) is 40.6 Å². The van der Waals surface area contributed by atoms with Crippen LogP contribution in [-0.2, 0) is 11.5 Å². The molecule has 3 aromatic carbocycles. The molecule has 0 aliphatic heterocycles. The molecule has 10 heteroatoms. The minimum absolute atomic E-state index is 0.408. The maximum atomic E-state index is 4.97. The number of fused-ring (bicyclic) bond motifs is 1. The zero-order valence-electron chi connectivity index (χ0n) is 21.3. The van der Waals surface area contributed by atoms with Gasteiger partial charge in [-0.3, -0.25) is 0 Å². The Kier molecular flexibility index (Phi) is 6.35. The first-order chi connectivity index (χ1) is 19.8. The van der Waals surface area contributed by atoms with E-state index in [1.165, 1.54) is 5.56 Å². The van der Waals surface area contributed by atoms with Gasteiger partial charge in [-0.1, -0.05) is 84.9 Å². The van der Waals surface area contributed by atoms with Gasteiger partial charge in [-0.05, 0) is 29.8 Å². The smallest absolute Gasteiger partial charge is 0.219 e. The number of hydrogen-bond donors (Lipinski definition) is 0. The fourth-order valence-corrected chi connectivity index (χ4v) is 5.21. The molecule has 0 spiro atoms. The van der Waals surface area contributed by atoms with Gasteiger partial charge in [-0.15, -0.1) is 27.1 Å². The molecule has 0 atom stereocenters. The van der Waals surface area contributed by atoms with Crippen LogP contribution in [0.4, 0.5) is 0 Å². The highest BCUT2D eigenvalue weighted by Crippen LogP contribution is 2.26. The van der Waals surface area contributed by atoms with E-state index in [0.717, 1.165) is 17.0 Å². The maximum absolute atomic E-state index is 4.97. The Bertz CT molecular complexity index is 1790. The summed E-state index contributed by atoms with van der Waals surface area (Å²) in [5.74, 6) is 4.17. The first-order valence-electron chi connectivity index (χ1n) is 12.8. The first kappa shape index (κ1) is 24.0. The summed E-state index contributed by atoms with van der Waals surface area (Å²) in [6.07, 6.45) is 1.86. The van der Waals surface area contributed by atoms with E-state index >= 15 is 0 Å². The summed E-state index contributed by atoms with van der Waals surface area (Å²) >= 11 is 1.75. The molecule has 0 aliphatic carbocycles. The highest BCUT2D eigenvalue weighted by molar-refractivity contribution is 7.97. The van der Waals surface area contributed by atoms with Crippen LogP contribution >= 0.6 is 11.8 Å². The summed E-state index contributed by atoms with van der Waals surface area (Å²) in [5.41, 5.74) is 3.81. The third-order valence-electron chi connectivity index (χ3n) is 6.25. The number of benzene rings is 3. The van der Waals surface area contributed by atoms with Gasteiger partial charge in [0.15, 0.2) is 17.3 Å². The lowest BCUT2D eigenvalue weighted by atomic mass is 10.2. The molecule has 0 saturated carbocycles. The Morgan fingerprint density at radius 2 is 1.30 bits per heavy atom. The fourth-order valence-electron chi connectivity index (χ4n) is 4.37. The first-order valence-corrected chi connectivity index (χ1v) is 13.9. The molecule has 0 fully saturated rings. The second kappa shape index (κ2) is 10.6. The van der Waals surface area contributed by atoms with Crippen LogP contribution in [0.15, 0.2) is 115 Å². The van der Waals surface area contributed by atoms with Crippen molar-refractivity contribution in [3.8, 4) is 34.7 Å². The normalized spacial score (nSPS) is 11.3. The summed E-state index contributed by atoms with van der Waals surface area (Å²) in [6, 6.07) is 36.1. The third kappa shape index (κ3) is 4.76. The average molecular weight is 542 g/mol. The van der Waals surface area contributed by atoms with Crippen molar-refractivity contribution in [2.75, 3.05) is 0 Å². The molecule has 4 aromatic heterocycles. The lowest BCUT2D eigenvalue weighted by Crippen LogP contribution is -2.04. The van der Waals surface area contributed by atoms with Crippen LogP contribution < -0.4 is 0 Å². The molecule has 0 radical (unpaired) electrons. The highest BCUT2D eigenvalue weighted by Gasteiger charge is 2.23. The lowest BCUT2D eigenvalue weighted by Gasteiger charge is -2.05. The van der Waals surface area contributed by atoms with Crippen molar-refractivity contribution < 1.29 is 0 Å². The van der Waals surface area contributed by atoms with E-state index in [-0.39, 0.29) is 0 Å². The van der Waals surface area contributed by atoms with Crippen LogP contribution in [0.5, 0.6) is 0 Å². The summed E-state index contributed by atoms with van der Waals surface area (Å²) in [6.45, 7) is 0. The van der Waals surface area contributed by atoms with Gasteiger partial charge in [0.2, 0.25) is 11.6 Å². The van der Waals surface area contributed by atoms with Crippen molar-refractivity contribution >= 4 is 17.4 Å². The Morgan fingerprint density at radius 3 is 2.08 bits per heavy atom. The highest BCUT2D eigenvalue weighted by atomic mass is 32.2. The number of thioether (sulfide) groups is 1. The molecule has 194 valence electrons. The number of rotatable bonds is 8. The van der Waals surface area contributed by atoms with Gasteiger partial charge in [0, 0.05) is 17.5 Å². The van der Waals surface area contributed by atoms with Gasteiger partial charge in [-0.25, -0.2) is 19.2 Å². The topological polar surface area (TPSA) is 91.6 Å². The van der Waals surface area contributed by atoms with Gasteiger partial charge < -0.3 is 0 Å². The minimum atomic E-state index is 0.408. The largest absolute Gasteiger partial charge is 0.272 e. The quantitative estimate of drug-likeness (QED) is 0.245. The summed E-state index contributed by atoms with van der Waals surface area (Å²) in [7, 11) is 0. The Balaban J connectivity index is 1.32. The van der Waals surface area contributed by atoms with Crippen molar-refractivity contribution in [2.24, 2.45) is 0 Å². The third-order valence-corrected chi connectivity index (χ3v) is 7.25. The van der Waals surface area contributed by atoms with Crippen molar-refractivity contribution in [1.82, 2.24) is 44.1 Å². The van der Waals surface area contributed by atoms with Crippen LogP contribution in [0, 0.1) is 0 Å². The standard InChI is InChI=1S/C30H23N9S/c1-4-12-22(13-5-1)20-40-21-25-31-29(39(34-25)30-32-26-18-10-11-19-37(26)36-30)27-33-28(23-14-6-2-7-15-23)38(35-27)24-16-8-3-9-17-24/h1-19H,20-21H2. The number of hydrogen-bond acceptors (Lipinski definition) is 7. The number of aromatic nitrogens is 9. The average Bonchev–Trinajstić information content (AvgIpc) is 3.75. The summed E-state index contributed by atoms with van der Waals surface area (Å²) < 4.78 is 5.20. The second-order valence-corrected chi connectivity index (χ2v) is 10.0. The molecule has 0 aliphatic rings. The minimum Gasteiger partial charge on any atom is -0.219 e. The number of pyridine rings is 1. The Morgan fingerprint density at radius 1 is 0.575 bits per heavy atom. The monoisotopic (exact) mass is 541 g/mol. The summed E-state index contributed by atoms with van der Waals surface area (Å²) in [5, 5.41) is 14.4. The van der Waals surface area contributed by atoms with E-state index in [9.17, 15) is 0 Å². The molecule has 0 unspecified atom stereocenters. The van der Waals surface area contributed by atoms with E-state index < -0.39 is 0 Å². The van der Waals surface area contributed by atoms with Gasteiger partial charge in [0.1, 0.15) is 0 Å². The van der Waals surface area contributed by atoms with Crippen LogP contribution in [0.3, 0.4) is 0 Å². The zero-order valence-corrected chi connectivity index (χ0v) is 22.1. The second-order valence-electron chi connectivity index (χ2n) is 9.03. The van der Waals surface area contributed by atoms with Gasteiger partial charge >= 0.3 is 0 Å². The molecular formula is C30H23N9S. The van der Waals surface area contributed by atoms with Crippen molar-refractivity contribution in [1.29, 1.82) is 0 Å². The van der Waals surface area contributed by atoms with Gasteiger partial charge in [0.05, 0.1) is 11.4 Å². The molecule has 7 aromatic rings. The van der Waals surface area contributed by atoms with Crippen molar-refractivity contribution in [2.45, 2.75) is 11.5 Å². The molecule has 4 heterocycles. The molecule has 9 nitrogen and oxygen atoms in total. The molecule has 0 amide bonds. The van der Waals surface area contributed by atoms with Gasteiger partial charge in [-0.2, -0.15) is 9.67 Å². The van der Waals surface area contributed by atoms with E-state index in [1.807, 2.05) is 95.8 Å². The van der Waals surface area contributed by atoms with E-state index in [4.69, 9.17) is 25.1 Å². The SMILES string of the molecule is c1ccc(CSCc2nc(-c3nc(-c4ccccc4)n(-c4ccccc4)n3)n(-c3nc4ccccn4n3)n2)cc1. The lowest BCUT2D eigenvalue weighted by molar-refractivity contribution is 0.786. The molecule has 7 rings (SSSR count). The van der Waals surface area contributed by atoms with Crippen LogP contribution in [0.2, 0.25) is 0 Å². The Labute approximate surface area is 234 Å². The molecule has 40 heavy (non-hydrogen) atoms. The van der Waals surface area contributed by atoms with Crippen LogP contribution in [-0.4, -0.2) is 44.1 Å².